The van der Waals surface area contributed by atoms with E-state index in [0.717, 1.165) is 16.8 Å². The van der Waals surface area contributed by atoms with Gasteiger partial charge in [-0.05, 0) is 38.5 Å². The van der Waals surface area contributed by atoms with Gasteiger partial charge >= 0.3 is 0 Å². The second-order valence-corrected chi connectivity index (χ2v) is 5.85. The van der Waals surface area contributed by atoms with Gasteiger partial charge < -0.3 is 5.32 Å². The smallest absolute Gasteiger partial charge is 0.141 e. The van der Waals surface area contributed by atoms with Crippen molar-refractivity contribution in [2.24, 2.45) is 0 Å². The number of benzene rings is 1. The maximum atomic E-state index is 9.36. The highest BCUT2D eigenvalue weighted by atomic mass is 32.1. The largest absolute Gasteiger partial charge is 0.366 e. The summed E-state index contributed by atoms with van der Waals surface area (Å²) >= 11 is 1.74. The fraction of sp³-hybridized carbons (Fsp3) is 0.267. The van der Waals surface area contributed by atoms with E-state index in [-0.39, 0.29) is 6.04 Å². The summed E-state index contributed by atoms with van der Waals surface area (Å²) in [7, 11) is 0. The monoisotopic (exact) mass is 256 g/mol. The van der Waals surface area contributed by atoms with Gasteiger partial charge in [0, 0.05) is 21.0 Å². The summed E-state index contributed by atoms with van der Waals surface area (Å²) < 4.78 is 0. The summed E-state index contributed by atoms with van der Waals surface area (Å²) in [6, 6.07) is 12.2. The van der Waals surface area contributed by atoms with Crippen LogP contribution in [0.2, 0.25) is 0 Å². The molecule has 0 fully saturated rings. The van der Waals surface area contributed by atoms with Crippen molar-refractivity contribution in [3.63, 3.8) is 0 Å². The van der Waals surface area contributed by atoms with Gasteiger partial charge in [-0.2, -0.15) is 5.26 Å². The molecule has 0 saturated heterocycles. The molecule has 0 bridgehead atoms. The summed E-state index contributed by atoms with van der Waals surface area (Å²) in [5.74, 6) is 0. The molecule has 0 spiro atoms. The van der Waals surface area contributed by atoms with Gasteiger partial charge in [-0.3, -0.25) is 0 Å². The van der Waals surface area contributed by atoms with Gasteiger partial charge in [0.25, 0.3) is 0 Å². The Hall–Kier alpha value is -1.79. The lowest BCUT2D eigenvalue weighted by molar-refractivity contribution is 0.989. The van der Waals surface area contributed by atoms with Crippen LogP contribution in [0.25, 0.3) is 0 Å². The third-order valence-electron chi connectivity index (χ3n) is 2.96. The minimum Gasteiger partial charge on any atom is -0.366 e. The number of aryl methyl sites for hydroxylation is 3. The predicted octanol–water partition coefficient (Wildman–Crippen LogP) is 4.35. The van der Waals surface area contributed by atoms with Crippen LogP contribution in [0.4, 0.5) is 5.69 Å². The Bertz CT molecular complexity index is 593. The Kier molecular flexibility index (Phi) is 3.69. The van der Waals surface area contributed by atoms with Crippen LogP contribution < -0.4 is 5.32 Å². The minimum absolute atomic E-state index is 0.281. The van der Waals surface area contributed by atoms with E-state index in [4.69, 9.17) is 0 Å². The number of nitrogens with zero attached hydrogens (tertiary/aromatic N) is 1. The molecule has 0 saturated carbocycles. The van der Waals surface area contributed by atoms with Crippen molar-refractivity contribution >= 4 is 17.0 Å². The van der Waals surface area contributed by atoms with Crippen molar-refractivity contribution in [2.75, 3.05) is 5.32 Å². The number of rotatable bonds is 3. The molecule has 92 valence electrons. The first-order valence-electron chi connectivity index (χ1n) is 5.90. The van der Waals surface area contributed by atoms with Gasteiger partial charge in [-0.1, -0.05) is 18.2 Å². The number of nitriles is 1. The first-order chi connectivity index (χ1) is 8.61. The zero-order chi connectivity index (χ0) is 13.1. The normalized spacial score (nSPS) is 11.9. The lowest BCUT2D eigenvalue weighted by Crippen LogP contribution is -2.09. The quantitative estimate of drug-likeness (QED) is 0.886. The predicted molar refractivity (Wildman–Crippen MR) is 76.9 cm³/mol. The third kappa shape index (κ3) is 2.55. The highest BCUT2D eigenvalue weighted by Gasteiger charge is 2.15. The molecule has 1 aromatic carbocycles. The molecule has 0 aliphatic heterocycles. The van der Waals surface area contributed by atoms with Gasteiger partial charge in [0.05, 0.1) is 6.07 Å². The van der Waals surface area contributed by atoms with Gasteiger partial charge in [-0.15, -0.1) is 11.3 Å². The average Bonchev–Trinajstić information content (AvgIpc) is 2.67. The fourth-order valence-electron chi connectivity index (χ4n) is 2.01. The van der Waals surface area contributed by atoms with Crippen LogP contribution >= 0.6 is 11.3 Å². The van der Waals surface area contributed by atoms with E-state index in [2.05, 4.69) is 31.3 Å². The molecule has 1 atom stereocenters. The maximum absolute atomic E-state index is 9.36. The van der Waals surface area contributed by atoms with Crippen molar-refractivity contribution in [1.82, 2.24) is 0 Å². The molecule has 0 aliphatic carbocycles. The Labute approximate surface area is 112 Å². The van der Waals surface area contributed by atoms with Crippen LogP contribution in [0.3, 0.4) is 0 Å². The topological polar surface area (TPSA) is 35.8 Å². The van der Waals surface area contributed by atoms with Crippen molar-refractivity contribution in [3.05, 3.63) is 51.2 Å². The van der Waals surface area contributed by atoms with Crippen molar-refractivity contribution < 1.29 is 0 Å². The molecule has 1 heterocycles. The van der Waals surface area contributed by atoms with Gasteiger partial charge in [-0.25, -0.2) is 0 Å². The zero-order valence-corrected chi connectivity index (χ0v) is 11.6. The van der Waals surface area contributed by atoms with Crippen molar-refractivity contribution in [3.8, 4) is 6.07 Å². The lowest BCUT2D eigenvalue weighted by Gasteiger charge is -2.14. The summed E-state index contributed by atoms with van der Waals surface area (Å²) in [5.41, 5.74) is 3.26. The van der Waals surface area contributed by atoms with E-state index in [9.17, 15) is 5.26 Å². The number of nitrogens with one attached hydrogen (secondary N) is 1. The average molecular weight is 256 g/mol. The van der Waals surface area contributed by atoms with Crippen LogP contribution in [-0.2, 0) is 0 Å². The van der Waals surface area contributed by atoms with Crippen LogP contribution in [0.15, 0.2) is 30.3 Å². The molecule has 2 nitrogen and oxygen atoms in total. The third-order valence-corrected chi connectivity index (χ3v) is 3.95. The molecule has 0 amide bonds. The van der Waals surface area contributed by atoms with Gasteiger partial charge in [0.1, 0.15) is 6.04 Å². The minimum atomic E-state index is -0.281. The summed E-state index contributed by atoms with van der Waals surface area (Å²) in [5, 5.41) is 12.7. The summed E-state index contributed by atoms with van der Waals surface area (Å²) in [6.45, 7) is 6.18. The lowest BCUT2D eigenvalue weighted by atomic mass is 10.1. The van der Waals surface area contributed by atoms with E-state index in [1.807, 2.05) is 31.2 Å². The first-order valence-corrected chi connectivity index (χ1v) is 6.72. The highest BCUT2D eigenvalue weighted by molar-refractivity contribution is 7.12. The van der Waals surface area contributed by atoms with Crippen molar-refractivity contribution in [2.45, 2.75) is 26.8 Å². The molecular formula is C15H16N2S. The van der Waals surface area contributed by atoms with Crippen LogP contribution in [-0.4, -0.2) is 0 Å². The van der Waals surface area contributed by atoms with Crippen LogP contribution in [0.1, 0.15) is 26.9 Å². The Morgan fingerprint density at radius 1 is 1.22 bits per heavy atom. The zero-order valence-electron chi connectivity index (χ0n) is 10.8. The number of thiophene rings is 1. The highest BCUT2D eigenvalue weighted by Crippen LogP contribution is 2.29. The molecule has 0 aliphatic rings. The van der Waals surface area contributed by atoms with Crippen molar-refractivity contribution in [1.29, 1.82) is 5.26 Å². The SMILES string of the molecule is Cc1cc(C(C#N)Nc2ccccc2C)c(C)s1. The van der Waals surface area contributed by atoms with Gasteiger partial charge in [0.2, 0.25) is 0 Å². The second kappa shape index (κ2) is 5.24. The molecule has 1 unspecified atom stereocenters. The van der Waals surface area contributed by atoms with Gasteiger partial charge in [0.15, 0.2) is 0 Å². The molecule has 0 radical (unpaired) electrons. The van der Waals surface area contributed by atoms with E-state index >= 15 is 0 Å². The van der Waals surface area contributed by atoms with E-state index in [1.54, 1.807) is 11.3 Å². The van der Waals surface area contributed by atoms with Crippen LogP contribution in [0, 0.1) is 32.1 Å². The Balaban J connectivity index is 2.29. The maximum Gasteiger partial charge on any atom is 0.141 e. The summed E-state index contributed by atoms with van der Waals surface area (Å²) in [6.07, 6.45) is 0. The Morgan fingerprint density at radius 3 is 2.50 bits per heavy atom. The number of hydrogen-bond donors (Lipinski definition) is 1. The molecule has 1 N–H and O–H groups in total. The number of para-hydroxylation sites is 1. The molecular weight excluding hydrogens is 240 g/mol. The molecule has 1 aromatic heterocycles. The molecule has 2 aromatic rings. The van der Waals surface area contributed by atoms with Crippen LogP contribution in [0.5, 0.6) is 0 Å². The second-order valence-electron chi connectivity index (χ2n) is 4.39. The number of anilines is 1. The molecule has 3 heteroatoms. The van der Waals surface area contributed by atoms with E-state index < -0.39 is 0 Å². The van der Waals surface area contributed by atoms with E-state index in [1.165, 1.54) is 9.75 Å². The standard InChI is InChI=1S/C15H16N2S/c1-10-6-4-5-7-14(10)17-15(9-16)13-8-11(2)18-12(13)3/h4-8,15,17H,1-3H3. The number of hydrogen-bond acceptors (Lipinski definition) is 3. The summed E-state index contributed by atoms with van der Waals surface area (Å²) in [4.78, 5) is 2.45. The molecule has 18 heavy (non-hydrogen) atoms. The fourth-order valence-corrected chi connectivity index (χ4v) is 2.97. The first kappa shape index (κ1) is 12.7. The Morgan fingerprint density at radius 2 is 1.94 bits per heavy atom. The van der Waals surface area contributed by atoms with E-state index in [0.29, 0.717) is 0 Å². The molecule has 2 rings (SSSR count).